The molecule has 3 aliphatic heterocycles. The second-order valence-corrected chi connectivity index (χ2v) is 12.0. The minimum absolute atomic E-state index is 0.0988. The summed E-state index contributed by atoms with van der Waals surface area (Å²) in [7, 11) is 0. The number of halogens is 1. The van der Waals surface area contributed by atoms with E-state index >= 15 is 0 Å². The quantitative estimate of drug-likeness (QED) is 0.340. The lowest BCUT2D eigenvalue weighted by molar-refractivity contribution is -0.149. The Hall–Kier alpha value is -3.14. The van der Waals surface area contributed by atoms with Crippen molar-refractivity contribution < 1.29 is 29.0 Å². The molecule has 42 heavy (non-hydrogen) atoms. The van der Waals surface area contributed by atoms with Crippen LogP contribution in [0.5, 0.6) is 5.75 Å². The normalized spacial score (nSPS) is 29.2. The average Bonchev–Trinajstić information content (AvgIpc) is 3.59. The van der Waals surface area contributed by atoms with E-state index in [2.05, 4.69) is 10.6 Å². The van der Waals surface area contributed by atoms with Gasteiger partial charge in [0.1, 0.15) is 17.4 Å². The van der Waals surface area contributed by atoms with E-state index in [0.29, 0.717) is 54.4 Å². The van der Waals surface area contributed by atoms with Gasteiger partial charge in [-0.25, -0.2) is 0 Å². The predicted molar refractivity (Wildman–Crippen MR) is 160 cm³/mol. The second kappa shape index (κ2) is 11.9. The molecule has 3 N–H and O–H groups in total. The molecule has 1 spiro atoms. The molecular weight excluding hydrogens is 558 g/mol. The number of carbonyl (C=O) groups is 3. The van der Waals surface area contributed by atoms with Crippen LogP contribution in [0.3, 0.4) is 0 Å². The number of para-hydroxylation sites is 1. The first-order valence-electron chi connectivity index (χ1n) is 14.9. The highest BCUT2D eigenvalue weighted by Crippen LogP contribution is 2.65. The molecule has 5 rings (SSSR count). The summed E-state index contributed by atoms with van der Waals surface area (Å²) in [5.74, 6) is -2.20. The molecule has 3 saturated heterocycles. The maximum atomic E-state index is 14.5. The van der Waals surface area contributed by atoms with Gasteiger partial charge < -0.3 is 30.1 Å². The summed E-state index contributed by atoms with van der Waals surface area (Å²) in [4.78, 5) is 44.2. The third-order valence-corrected chi connectivity index (χ3v) is 9.89. The Morgan fingerprint density at radius 3 is 2.43 bits per heavy atom. The van der Waals surface area contributed by atoms with E-state index in [1.807, 2.05) is 27.7 Å². The molecule has 10 heteroatoms. The van der Waals surface area contributed by atoms with E-state index in [-0.39, 0.29) is 24.3 Å². The molecule has 2 aromatic carbocycles. The smallest absolute Gasteiger partial charge is 0.250 e. The first-order valence-corrected chi connectivity index (χ1v) is 15.3. The van der Waals surface area contributed by atoms with Gasteiger partial charge in [-0.05, 0) is 68.5 Å². The molecule has 3 fully saturated rings. The van der Waals surface area contributed by atoms with Gasteiger partial charge in [-0.15, -0.1) is 0 Å². The number of aliphatic hydroxyl groups excluding tert-OH is 1. The van der Waals surface area contributed by atoms with Gasteiger partial charge in [0.25, 0.3) is 0 Å². The van der Waals surface area contributed by atoms with Gasteiger partial charge >= 0.3 is 0 Å². The number of benzene rings is 2. The Bertz CT molecular complexity index is 1340. The highest BCUT2D eigenvalue weighted by atomic mass is 35.5. The summed E-state index contributed by atoms with van der Waals surface area (Å²) in [6, 6.07) is 12.3. The zero-order chi connectivity index (χ0) is 30.2. The van der Waals surface area contributed by atoms with Crippen molar-refractivity contribution in [2.24, 2.45) is 17.8 Å². The number of nitrogens with one attached hydrogen (secondary N) is 2. The van der Waals surface area contributed by atoms with Crippen molar-refractivity contribution in [1.82, 2.24) is 4.90 Å². The van der Waals surface area contributed by atoms with Gasteiger partial charge in [0, 0.05) is 5.69 Å². The van der Waals surface area contributed by atoms with Crippen LogP contribution in [-0.4, -0.2) is 64.2 Å². The molecule has 0 aliphatic carbocycles. The summed E-state index contributed by atoms with van der Waals surface area (Å²) in [5, 5.41) is 16.8. The van der Waals surface area contributed by atoms with Crippen molar-refractivity contribution in [2.45, 2.75) is 76.7 Å². The molecular formula is C32H40ClN3O6. The number of aliphatic hydroxyl groups is 1. The van der Waals surface area contributed by atoms with Crippen LogP contribution in [-0.2, 0) is 19.1 Å². The maximum Gasteiger partial charge on any atom is 0.250 e. The standard InChI is InChI=1S/C32H40ClN3O6/c1-5-19(4)24(18-37)36-27(29(39)35-23-11-9-8-10-22(23)33)32-17-16-31(6-2,42-32)25(26(32)30(36)40)28(38)34-20-12-14-21(15-13-20)41-7-3/h8-15,19,24-27,37H,5-7,16-18H2,1-4H3,(H,34,38)(H,35,39)/t19-,24-,25-,26-,27?,31+,32?/m0/s1. The summed E-state index contributed by atoms with van der Waals surface area (Å²) >= 11 is 6.38. The van der Waals surface area contributed by atoms with Gasteiger partial charge in [0.05, 0.1) is 47.4 Å². The van der Waals surface area contributed by atoms with Crippen molar-refractivity contribution in [3.8, 4) is 5.75 Å². The molecule has 0 saturated carbocycles. The Morgan fingerprint density at radius 1 is 1.10 bits per heavy atom. The monoisotopic (exact) mass is 597 g/mol. The average molecular weight is 598 g/mol. The molecule has 2 bridgehead atoms. The zero-order valence-electron chi connectivity index (χ0n) is 24.6. The Kier molecular flexibility index (Phi) is 8.56. The number of amides is 3. The minimum atomic E-state index is -1.22. The molecule has 2 unspecified atom stereocenters. The van der Waals surface area contributed by atoms with Gasteiger partial charge in [-0.3, -0.25) is 14.4 Å². The number of fused-ring (bicyclic) bond motifs is 1. The third kappa shape index (κ3) is 4.85. The van der Waals surface area contributed by atoms with E-state index in [0.717, 1.165) is 0 Å². The topological polar surface area (TPSA) is 117 Å². The van der Waals surface area contributed by atoms with E-state index < -0.39 is 41.0 Å². The molecule has 2 aromatic rings. The van der Waals surface area contributed by atoms with Crippen LogP contribution in [0.25, 0.3) is 0 Å². The third-order valence-electron chi connectivity index (χ3n) is 9.56. The highest BCUT2D eigenvalue weighted by molar-refractivity contribution is 6.33. The minimum Gasteiger partial charge on any atom is -0.494 e. The first kappa shape index (κ1) is 30.3. The van der Waals surface area contributed by atoms with Crippen LogP contribution in [0.4, 0.5) is 11.4 Å². The second-order valence-electron chi connectivity index (χ2n) is 11.6. The van der Waals surface area contributed by atoms with Crippen molar-refractivity contribution in [3.63, 3.8) is 0 Å². The van der Waals surface area contributed by atoms with Crippen LogP contribution in [0, 0.1) is 17.8 Å². The van der Waals surface area contributed by atoms with Crippen molar-refractivity contribution in [3.05, 3.63) is 53.6 Å². The van der Waals surface area contributed by atoms with Gasteiger partial charge in [0.2, 0.25) is 17.7 Å². The predicted octanol–water partition coefficient (Wildman–Crippen LogP) is 4.88. The van der Waals surface area contributed by atoms with Gasteiger partial charge in [0.15, 0.2) is 0 Å². The number of likely N-dealkylation sites (tertiary alicyclic amines) is 1. The van der Waals surface area contributed by atoms with Gasteiger partial charge in [-0.2, -0.15) is 0 Å². The lowest BCUT2D eigenvalue weighted by Gasteiger charge is -2.39. The summed E-state index contributed by atoms with van der Waals surface area (Å²) in [5.41, 5.74) is -1.12. The molecule has 3 aliphatic rings. The van der Waals surface area contributed by atoms with E-state index in [4.69, 9.17) is 21.1 Å². The largest absolute Gasteiger partial charge is 0.494 e. The maximum absolute atomic E-state index is 14.5. The van der Waals surface area contributed by atoms with Crippen LogP contribution >= 0.6 is 11.6 Å². The van der Waals surface area contributed by atoms with Crippen LogP contribution in [0.2, 0.25) is 5.02 Å². The Labute approximate surface area is 251 Å². The fourth-order valence-corrected chi connectivity index (χ4v) is 7.49. The van der Waals surface area contributed by atoms with Crippen molar-refractivity contribution in [2.75, 3.05) is 23.8 Å². The van der Waals surface area contributed by atoms with Crippen LogP contribution in [0.1, 0.15) is 53.4 Å². The zero-order valence-corrected chi connectivity index (χ0v) is 25.3. The Morgan fingerprint density at radius 2 is 1.81 bits per heavy atom. The lowest BCUT2D eigenvalue weighted by atomic mass is 9.65. The number of hydrogen-bond donors (Lipinski definition) is 3. The summed E-state index contributed by atoms with van der Waals surface area (Å²) in [6.45, 7) is 7.99. The molecule has 3 heterocycles. The number of nitrogens with zero attached hydrogens (tertiary/aromatic N) is 1. The fourth-order valence-electron chi connectivity index (χ4n) is 7.31. The van der Waals surface area contributed by atoms with E-state index in [1.54, 1.807) is 48.5 Å². The number of ether oxygens (including phenoxy) is 2. The van der Waals surface area contributed by atoms with Gasteiger partial charge in [-0.1, -0.05) is 50.9 Å². The molecule has 3 amide bonds. The summed E-state index contributed by atoms with van der Waals surface area (Å²) in [6.07, 6.45) is 2.17. The van der Waals surface area contributed by atoms with Crippen molar-refractivity contribution >= 4 is 40.7 Å². The molecule has 0 aromatic heterocycles. The molecule has 226 valence electrons. The SMILES string of the molecule is CCOc1ccc(NC(=O)[C@@H]2[C@H]3C(=O)N([C@@H](CO)[C@@H](C)CC)C(C(=O)Nc4ccccc4Cl)C34CC[C@@]2(CC)O4)cc1. The lowest BCUT2D eigenvalue weighted by Crippen LogP contribution is -2.57. The first-order chi connectivity index (χ1) is 20.2. The number of anilines is 2. The molecule has 7 atom stereocenters. The number of rotatable bonds is 11. The van der Waals surface area contributed by atoms with E-state index in [1.165, 1.54) is 4.90 Å². The highest BCUT2D eigenvalue weighted by Gasteiger charge is 2.79. The summed E-state index contributed by atoms with van der Waals surface area (Å²) < 4.78 is 12.4. The molecule has 0 radical (unpaired) electrons. The van der Waals surface area contributed by atoms with Crippen LogP contribution < -0.4 is 15.4 Å². The van der Waals surface area contributed by atoms with Crippen molar-refractivity contribution in [1.29, 1.82) is 0 Å². The fraction of sp³-hybridized carbons (Fsp3) is 0.531. The number of carbonyl (C=O) groups excluding carboxylic acids is 3. The van der Waals surface area contributed by atoms with Crippen LogP contribution in [0.15, 0.2) is 48.5 Å². The van der Waals surface area contributed by atoms with E-state index in [9.17, 15) is 19.5 Å². The Balaban J connectivity index is 1.54. The number of hydrogen-bond acceptors (Lipinski definition) is 6. The molecule has 9 nitrogen and oxygen atoms in total.